The highest BCUT2D eigenvalue weighted by molar-refractivity contribution is 5.20. The van der Waals surface area contributed by atoms with Gasteiger partial charge in [0.1, 0.15) is 11.6 Å². The van der Waals surface area contributed by atoms with Crippen LogP contribution in [0.15, 0.2) is 18.2 Å². The summed E-state index contributed by atoms with van der Waals surface area (Å²) in [6, 6.07) is 3.69. The van der Waals surface area contributed by atoms with Crippen LogP contribution in [0.5, 0.6) is 0 Å². The van der Waals surface area contributed by atoms with Crippen LogP contribution in [0, 0.1) is 17.0 Å². The van der Waals surface area contributed by atoms with Gasteiger partial charge in [-0.05, 0) is 42.9 Å². The summed E-state index contributed by atoms with van der Waals surface area (Å²) in [5.41, 5.74) is 1.02. The van der Waals surface area contributed by atoms with Gasteiger partial charge in [-0.2, -0.15) is 0 Å². The molecule has 1 fully saturated rings. The Morgan fingerprint density at radius 1 is 1.17 bits per heavy atom. The maximum Gasteiger partial charge on any atom is 0.126 e. The van der Waals surface area contributed by atoms with Gasteiger partial charge < -0.3 is 5.32 Å². The van der Waals surface area contributed by atoms with Gasteiger partial charge >= 0.3 is 0 Å². The Labute approximate surface area is 108 Å². The number of hydrogen-bond donors (Lipinski definition) is 1. The van der Waals surface area contributed by atoms with E-state index in [-0.39, 0.29) is 6.04 Å². The van der Waals surface area contributed by atoms with E-state index in [0.717, 1.165) is 12.6 Å². The Morgan fingerprint density at radius 2 is 1.72 bits per heavy atom. The van der Waals surface area contributed by atoms with Crippen molar-refractivity contribution in [2.75, 3.05) is 6.54 Å². The highest BCUT2D eigenvalue weighted by Gasteiger charge is 2.28. The van der Waals surface area contributed by atoms with Crippen LogP contribution in [-0.4, -0.2) is 6.54 Å². The Bertz CT molecular complexity index is 391. The fraction of sp³-hybridized carbons (Fsp3) is 0.600. The van der Waals surface area contributed by atoms with E-state index in [2.05, 4.69) is 12.2 Å². The number of hydrogen-bond acceptors (Lipinski definition) is 1. The third-order valence-corrected chi connectivity index (χ3v) is 4.03. The first-order chi connectivity index (χ1) is 8.48. The van der Waals surface area contributed by atoms with Gasteiger partial charge in [0, 0.05) is 18.7 Å². The zero-order valence-corrected chi connectivity index (χ0v) is 11.1. The maximum absolute atomic E-state index is 13.1. The Balaban J connectivity index is 1.96. The molecule has 0 aromatic heterocycles. The van der Waals surface area contributed by atoms with Gasteiger partial charge in [0.05, 0.1) is 0 Å². The zero-order chi connectivity index (χ0) is 13.2. The largest absolute Gasteiger partial charge is 0.310 e. The van der Waals surface area contributed by atoms with E-state index in [4.69, 9.17) is 0 Å². The van der Waals surface area contributed by atoms with E-state index in [1.165, 1.54) is 37.8 Å². The summed E-state index contributed by atoms with van der Waals surface area (Å²) in [6.45, 7) is 5.14. The summed E-state index contributed by atoms with van der Waals surface area (Å²) < 4.78 is 26.3. The number of halogens is 2. The van der Waals surface area contributed by atoms with Crippen molar-refractivity contribution in [2.45, 2.75) is 45.6 Å². The average molecular weight is 253 g/mol. The lowest BCUT2D eigenvalue weighted by Crippen LogP contribution is -2.31. The fourth-order valence-corrected chi connectivity index (χ4v) is 2.75. The quantitative estimate of drug-likeness (QED) is 0.848. The van der Waals surface area contributed by atoms with E-state index >= 15 is 0 Å². The molecule has 3 heteroatoms. The van der Waals surface area contributed by atoms with E-state index in [1.54, 1.807) is 0 Å². The van der Waals surface area contributed by atoms with E-state index in [0.29, 0.717) is 11.0 Å². The fourth-order valence-electron chi connectivity index (χ4n) is 2.75. The molecule has 0 aliphatic heterocycles. The Morgan fingerprint density at radius 3 is 2.28 bits per heavy atom. The first-order valence-electron chi connectivity index (χ1n) is 6.68. The molecule has 1 atom stereocenters. The van der Waals surface area contributed by atoms with Crippen LogP contribution < -0.4 is 5.32 Å². The number of nitrogens with one attached hydrogen (secondary N) is 1. The molecule has 18 heavy (non-hydrogen) atoms. The van der Waals surface area contributed by atoms with Crippen LogP contribution >= 0.6 is 0 Å². The van der Waals surface area contributed by atoms with E-state index < -0.39 is 11.6 Å². The Kier molecular flexibility index (Phi) is 4.00. The minimum atomic E-state index is -0.509. The normalized spacial score (nSPS) is 20.0. The van der Waals surface area contributed by atoms with Gasteiger partial charge in [0.15, 0.2) is 0 Å². The molecule has 1 nitrogen and oxygen atoms in total. The molecular weight excluding hydrogens is 232 g/mol. The molecule has 0 bridgehead atoms. The summed E-state index contributed by atoms with van der Waals surface area (Å²) >= 11 is 0. The van der Waals surface area contributed by atoms with Crippen molar-refractivity contribution >= 4 is 0 Å². The molecule has 1 aliphatic carbocycles. The van der Waals surface area contributed by atoms with Crippen LogP contribution in [0.1, 0.15) is 51.1 Å². The molecule has 1 N–H and O–H groups in total. The molecule has 0 amide bonds. The molecule has 1 unspecified atom stereocenters. The third kappa shape index (κ3) is 3.29. The summed E-state index contributed by atoms with van der Waals surface area (Å²) in [5.74, 6) is -1.02. The van der Waals surface area contributed by atoms with Crippen molar-refractivity contribution in [3.05, 3.63) is 35.4 Å². The number of benzene rings is 1. The van der Waals surface area contributed by atoms with E-state index in [1.807, 2.05) is 6.92 Å². The molecule has 0 heterocycles. The van der Waals surface area contributed by atoms with Gasteiger partial charge in [-0.25, -0.2) is 8.78 Å². The molecule has 2 rings (SSSR count). The molecule has 0 saturated heterocycles. The van der Waals surface area contributed by atoms with Crippen molar-refractivity contribution < 1.29 is 8.78 Å². The minimum Gasteiger partial charge on any atom is -0.310 e. The first kappa shape index (κ1) is 13.5. The molecule has 0 radical (unpaired) electrons. The lowest BCUT2D eigenvalue weighted by molar-refractivity contribution is 0.301. The van der Waals surface area contributed by atoms with Crippen molar-refractivity contribution in [1.82, 2.24) is 5.32 Å². The standard InChI is InChI=1S/C15H21F2N/c1-11(12-7-13(16)9-14(17)8-12)18-10-15(2)5-3-4-6-15/h7-9,11,18H,3-6,10H2,1-2H3. The molecule has 0 spiro atoms. The maximum atomic E-state index is 13.1. The van der Waals surface area contributed by atoms with Gasteiger partial charge in [-0.1, -0.05) is 19.8 Å². The second-order valence-electron chi connectivity index (χ2n) is 5.82. The highest BCUT2D eigenvalue weighted by atomic mass is 19.1. The zero-order valence-electron chi connectivity index (χ0n) is 11.1. The topological polar surface area (TPSA) is 12.0 Å². The molecular formula is C15H21F2N. The SMILES string of the molecule is CC(NCC1(C)CCCC1)c1cc(F)cc(F)c1. The van der Waals surface area contributed by atoms with Crippen LogP contribution in [0.4, 0.5) is 8.78 Å². The first-order valence-corrected chi connectivity index (χ1v) is 6.68. The van der Waals surface area contributed by atoms with Crippen LogP contribution in [0.3, 0.4) is 0 Å². The summed E-state index contributed by atoms with van der Waals surface area (Å²) in [7, 11) is 0. The van der Waals surface area contributed by atoms with Crippen LogP contribution in [0.2, 0.25) is 0 Å². The van der Waals surface area contributed by atoms with E-state index in [9.17, 15) is 8.78 Å². The predicted octanol–water partition coefficient (Wildman–Crippen LogP) is 4.20. The third-order valence-electron chi connectivity index (χ3n) is 4.03. The van der Waals surface area contributed by atoms with Crippen molar-refractivity contribution in [2.24, 2.45) is 5.41 Å². The smallest absolute Gasteiger partial charge is 0.126 e. The second-order valence-corrected chi connectivity index (χ2v) is 5.82. The second kappa shape index (κ2) is 5.35. The summed E-state index contributed by atoms with van der Waals surface area (Å²) in [4.78, 5) is 0. The Hall–Kier alpha value is -0.960. The predicted molar refractivity (Wildman–Crippen MR) is 69.4 cm³/mol. The molecule has 1 aliphatic rings. The molecule has 1 aromatic carbocycles. The lowest BCUT2D eigenvalue weighted by atomic mass is 9.88. The lowest BCUT2D eigenvalue weighted by Gasteiger charge is -2.26. The average Bonchev–Trinajstić information content (AvgIpc) is 2.72. The van der Waals surface area contributed by atoms with Gasteiger partial charge in [0.25, 0.3) is 0 Å². The molecule has 1 saturated carbocycles. The van der Waals surface area contributed by atoms with Gasteiger partial charge in [-0.3, -0.25) is 0 Å². The summed E-state index contributed by atoms with van der Waals surface area (Å²) in [5, 5.41) is 3.40. The van der Waals surface area contributed by atoms with Gasteiger partial charge in [-0.15, -0.1) is 0 Å². The van der Waals surface area contributed by atoms with Crippen molar-refractivity contribution in [1.29, 1.82) is 0 Å². The monoisotopic (exact) mass is 253 g/mol. The highest BCUT2D eigenvalue weighted by Crippen LogP contribution is 2.37. The number of rotatable bonds is 4. The molecule has 100 valence electrons. The van der Waals surface area contributed by atoms with Crippen molar-refractivity contribution in [3.8, 4) is 0 Å². The minimum absolute atomic E-state index is 0.0207. The van der Waals surface area contributed by atoms with Crippen LogP contribution in [-0.2, 0) is 0 Å². The van der Waals surface area contributed by atoms with Gasteiger partial charge in [0.2, 0.25) is 0 Å². The molecule has 1 aromatic rings. The van der Waals surface area contributed by atoms with Crippen LogP contribution in [0.25, 0.3) is 0 Å². The summed E-state index contributed by atoms with van der Waals surface area (Å²) in [6.07, 6.45) is 5.07. The van der Waals surface area contributed by atoms with Crippen molar-refractivity contribution in [3.63, 3.8) is 0 Å².